The van der Waals surface area contributed by atoms with Gasteiger partial charge in [0.15, 0.2) is 17.5 Å². The molecule has 0 spiro atoms. The molecule has 3 aromatic rings. The number of aromatic nitrogens is 2. The third kappa shape index (κ3) is 17.5. The number of aliphatic carboxylic acids is 1. The molecule has 2 aromatic heterocycles. The van der Waals surface area contributed by atoms with Gasteiger partial charge in [0.2, 0.25) is 5.71 Å². The molecular formula is C41H57N6O12S+. The number of ether oxygens (including phenoxy) is 5. The van der Waals surface area contributed by atoms with Gasteiger partial charge in [-0.15, -0.1) is 11.3 Å². The molecule has 3 amide bonds. The first-order chi connectivity index (χ1) is 27.7. The highest BCUT2D eigenvalue weighted by atomic mass is 32.1. The maximum atomic E-state index is 13.5. The van der Waals surface area contributed by atoms with Crippen LogP contribution in [0.3, 0.4) is 0 Å². The van der Waals surface area contributed by atoms with Crippen molar-refractivity contribution in [2.75, 3.05) is 23.4 Å². The number of rotatable bonds is 15. The summed E-state index contributed by atoms with van der Waals surface area (Å²) in [5.41, 5.74) is -2.93. The predicted molar refractivity (Wildman–Crippen MR) is 223 cm³/mol. The first-order valence-electron chi connectivity index (χ1n) is 19.1. The quantitative estimate of drug-likeness (QED) is 0.0340. The summed E-state index contributed by atoms with van der Waals surface area (Å²) in [6.45, 7) is 21.2. The van der Waals surface area contributed by atoms with Crippen LogP contribution in [-0.4, -0.2) is 87.7 Å². The molecule has 0 aliphatic heterocycles. The van der Waals surface area contributed by atoms with Crippen LogP contribution >= 0.6 is 11.3 Å². The number of esters is 1. The lowest BCUT2D eigenvalue weighted by atomic mass is 10.2. The van der Waals surface area contributed by atoms with Crippen LogP contribution in [0.25, 0.3) is 0 Å². The molecule has 1 unspecified atom stereocenters. The average molecular weight is 858 g/mol. The zero-order valence-corrected chi connectivity index (χ0v) is 37.1. The van der Waals surface area contributed by atoms with Gasteiger partial charge in [-0.1, -0.05) is 5.16 Å². The number of pyridine rings is 1. The van der Waals surface area contributed by atoms with E-state index in [-0.39, 0.29) is 16.6 Å². The van der Waals surface area contributed by atoms with E-state index >= 15 is 0 Å². The number of thiazole rings is 1. The molecule has 3 rings (SSSR count). The zero-order valence-electron chi connectivity index (χ0n) is 36.2. The maximum absolute atomic E-state index is 13.5. The Hall–Kier alpha value is -5.98. The highest BCUT2D eigenvalue weighted by Gasteiger charge is 2.30. The van der Waals surface area contributed by atoms with Gasteiger partial charge in [0.1, 0.15) is 47.0 Å². The molecule has 3 N–H and O–H groups in total. The number of carbonyl (C=O) groups excluding carboxylic acids is 4. The number of anilines is 3. The number of oxime groups is 1. The number of nitrogens with one attached hydrogen (secondary N) is 2. The second-order valence-corrected chi connectivity index (χ2v) is 18.1. The van der Waals surface area contributed by atoms with E-state index < -0.39 is 71.0 Å². The van der Waals surface area contributed by atoms with Crippen LogP contribution in [0.1, 0.15) is 95.2 Å². The number of nitrogens with zero attached hydrogens (tertiary/aromatic N) is 4. The van der Waals surface area contributed by atoms with Crippen LogP contribution in [0.15, 0.2) is 59.3 Å². The predicted octanol–water partition coefficient (Wildman–Crippen LogP) is 7.36. The molecule has 0 aliphatic rings. The lowest BCUT2D eigenvalue weighted by molar-refractivity contribution is -0.697. The molecule has 1 aromatic carbocycles. The van der Waals surface area contributed by atoms with Gasteiger partial charge in [0.05, 0.1) is 11.4 Å². The average Bonchev–Trinajstić information content (AvgIpc) is 3.53. The maximum Gasteiger partial charge on any atom is 0.419 e. The summed E-state index contributed by atoms with van der Waals surface area (Å²) in [4.78, 5) is 74.0. The molecule has 0 bridgehead atoms. The molecule has 2 heterocycles. The highest BCUT2D eigenvalue weighted by Crippen LogP contribution is 2.29. The molecular weight excluding hydrogens is 801 g/mol. The van der Waals surface area contributed by atoms with Crippen LogP contribution in [0.5, 0.6) is 5.75 Å². The Labute approximate surface area is 354 Å². The Morgan fingerprint density at radius 3 is 1.88 bits per heavy atom. The van der Waals surface area contributed by atoms with Crippen molar-refractivity contribution in [3.05, 3.63) is 59.9 Å². The number of amides is 3. The van der Waals surface area contributed by atoms with Gasteiger partial charge in [-0.2, -0.15) is 0 Å². The largest absolute Gasteiger partial charge is 0.489 e. The summed E-state index contributed by atoms with van der Waals surface area (Å²) in [6.07, 6.45) is 0.819. The summed E-state index contributed by atoms with van der Waals surface area (Å²) in [5.74, 6) is -2.13. The first-order valence-corrected chi connectivity index (χ1v) is 19.9. The Morgan fingerprint density at radius 1 is 0.783 bits per heavy atom. The summed E-state index contributed by atoms with van der Waals surface area (Å²) >= 11 is 0.930. The van der Waals surface area contributed by atoms with Crippen LogP contribution in [-0.2, 0) is 39.9 Å². The molecule has 0 radical (unpaired) electrons. The number of carboxylic acid groups (broad SMARTS) is 1. The van der Waals surface area contributed by atoms with Crippen LogP contribution in [0, 0.1) is 0 Å². The van der Waals surface area contributed by atoms with E-state index in [2.05, 4.69) is 20.8 Å². The summed E-state index contributed by atoms with van der Waals surface area (Å²) in [6, 6.07) is 9.90. The summed E-state index contributed by atoms with van der Waals surface area (Å²) < 4.78 is 29.5. The lowest BCUT2D eigenvalue weighted by Gasteiger charge is -2.27. The molecule has 328 valence electrons. The van der Waals surface area contributed by atoms with Crippen molar-refractivity contribution in [2.24, 2.45) is 5.16 Å². The minimum atomic E-state index is -1.53. The third-order valence-electron chi connectivity index (χ3n) is 6.96. The smallest absolute Gasteiger partial charge is 0.419 e. The molecule has 0 saturated heterocycles. The van der Waals surface area contributed by atoms with Gasteiger partial charge < -0.3 is 38.9 Å². The molecule has 0 fully saturated rings. The van der Waals surface area contributed by atoms with E-state index in [1.54, 1.807) is 132 Å². The molecule has 0 saturated carbocycles. The molecule has 1 atom stereocenters. The Balaban J connectivity index is 1.78. The molecule has 18 nitrogen and oxygen atoms in total. The van der Waals surface area contributed by atoms with Crippen molar-refractivity contribution in [3.8, 4) is 5.75 Å². The van der Waals surface area contributed by atoms with Crippen LogP contribution in [0.2, 0.25) is 0 Å². The van der Waals surface area contributed by atoms with Crippen LogP contribution in [0.4, 0.5) is 30.9 Å². The molecule has 60 heavy (non-hydrogen) atoms. The van der Waals surface area contributed by atoms with Gasteiger partial charge in [-0.3, -0.25) is 5.32 Å². The lowest BCUT2D eigenvalue weighted by Crippen LogP contribution is -2.38. The van der Waals surface area contributed by atoms with E-state index in [0.717, 1.165) is 11.3 Å². The first kappa shape index (κ1) is 48.4. The monoisotopic (exact) mass is 857 g/mol. The summed E-state index contributed by atoms with van der Waals surface area (Å²) in [7, 11) is 0. The van der Waals surface area contributed by atoms with E-state index in [1.807, 2.05) is 4.57 Å². The molecule has 0 aliphatic carbocycles. The fraction of sp³-hybridized carbons (Fsp3) is 0.512. The van der Waals surface area contributed by atoms with E-state index in [4.69, 9.17) is 28.5 Å². The number of hydrogen-bond donors (Lipinski definition) is 3. The van der Waals surface area contributed by atoms with Crippen molar-refractivity contribution in [2.45, 2.75) is 125 Å². The topological polar surface area (TPSA) is 217 Å². The summed E-state index contributed by atoms with van der Waals surface area (Å²) in [5, 5.41) is 20.2. The third-order valence-corrected chi connectivity index (χ3v) is 7.72. The van der Waals surface area contributed by atoms with Crippen LogP contribution < -0.4 is 24.8 Å². The number of aryl methyl sites for hydroxylation is 1. The van der Waals surface area contributed by atoms with Crippen molar-refractivity contribution < 1.29 is 62.2 Å². The fourth-order valence-electron chi connectivity index (χ4n) is 4.70. The van der Waals surface area contributed by atoms with Gasteiger partial charge in [0.25, 0.3) is 6.10 Å². The van der Waals surface area contributed by atoms with E-state index in [9.17, 15) is 29.1 Å². The minimum absolute atomic E-state index is 0.0475. The van der Waals surface area contributed by atoms with Gasteiger partial charge in [-0.25, -0.2) is 38.4 Å². The van der Waals surface area contributed by atoms with Crippen molar-refractivity contribution in [1.82, 2.24) is 10.3 Å². The standard InChI is InChI=1S/C41H56N6O12S/c1-38(2,3)55-33(50)30(59-45-31(32(48)49)29-25-60-34(43-29)44-36(52)57-40(7,8)9)24-54-28-16-14-26(15-17-28)47(37(53)58-41(10,11)12)27-18-22-46(23-19-27)21-13-20-42-35(51)56-39(4,5)6/h14-19,22-23,25,30H,13,20-21,24H2,1-12H3,(H2-,42,43,44,48,49,51,52)/p+1/b45-31-. The van der Waals surface area contributed by atoms with E-state index in [1.165, 1.54) is 10.3 Å². The van der Waals surface area contributed by atoms with Gasteiger partial charge in [-0.05, 0) is 107 Å². The number of alkyl carbamates (subject to hydrolysis) is 1. The van der Waals surface area contributed by atoms with Gasteiger partial charge >= 0.3 is 30.2 Å². The number of hydrogen-bond acceptors (Lipinski definition) is 14. The Kier molecular flexibility index (Phi) is 16.4. The number of benzene rings is 1. The Bertz CT molecular complexity index is 1970. The SMILES string of the molecule is CC(C)(C)OC(=O)NCCC[n+]1ccc(N(C(=O)OC(C)(C)C)c2ccc(OCC(O/N=C(\C(=O)O)c3csc(NC(=O)OC(C)(C)C)n3)C(=O)OC(C)(C)C)cc2)cc1. The van der Waals surface area contributed by atoms with Crippen molar-refractivity contribution in [3.63, 3.8) is 0 Å². The van der Waals surface area contributed by atoms with Gasteiger partial charge in [0, 0.05) is 30.5 Å². The normalized spacial score (nSPS) is 12.7. The Morgan fingerprint density at radius 2 is 1.33 bits per heavy atom. The second-order valence-electron chi connectivity index (χ2n) is 17.2. The fourth-order valence-corrected chi connectivity index (χ4v) is 5.38. The minimum Gasteiger partial charge on any atom is -0.489 e. The van der Waals surface area contributed by atoms with Crippen molar-refractivity contribution in [1.29, 1.82) is 0 Å². The van der Waals surface area contributed by atoms with E-state index in [0.29, 0.717) is 30.9 Å². The second kappa shape index (κ2) is 20.3. The number of carboxylic acids is 1. The number of carbonyl (C=O) groups is 5. The molecule has 19 heteroatoms. The van der Waals surface area contributed by atoms with Crippen molar-refractivity contribution >= 4 is 63.8 Å². The highest BCUT2D eigenvalue weighted by molar-refractivity contribution is 7.14. The zero-order chi connectivity index (χ0) is 45.1.